The number of hydrogen-bond donors (Lipinski definition) is 1. The van der Waals surface area contributed by atoms with Crippen molar-refractivity contribution in [3.8, 4) is 11.3 Å². The van der Waals surface area contributed by atoms with Gasteiger partial charge >= 0.3 is 0 Å². The molecule has 130 valence electrons. The predicted molar refractivity (Wildman–Crippen MR) is 103 cm³/mol. The van der Waals surface area contributed by atoms with E-state index >= 15 is 0 Å². The van der Waals surface area contributed by atoms with E-state index < -0.39 is 0 Å². The molecule has 1 aromatic heterocycles. The summed E-state index contributed by atoms with van der Waals surface area (Å²) in [4.78, 5) is 14.9. The van der Waals surface area contributed by atoms with Crippen LogP contribution in [-0.4, -0.2) is 28.7 Å². The average Bonchev–Trinajstić information content (AvgIpc) is 3.20. The number of benzene rings is 2. The van der Waals surface area contributed by atoms with Gasteiger partial charge in [-0.2, -0.15) is 0 Å². The fraction of sp³-hybridized carbons (Fsp3) is 0.190. The fourth-order valence-corrected chi connectivity index (χ4v) is 3.34. The van der Waals surface area contributed by atoms with E-state index in [1.807, 2.05) is 66.7 Å². The summed E-state index contributed by atoms with van der Waals surface area (Å²) < 4.78 is 0. The van der Waals surface area contributed by atoms with Gasteiger partial charge in [-0.1, -0.05) is 48.5 Å². The Bertz CT molecular complexity index is 866. The predicted octanol–water partition coefficient (Wildman–Crippen LogP) is 3.75. The summed E-state index contributed by atoms with van der Waals surface area (Å²) in [5.41, 5.74) is 2.87. The minimum Gasteiger partial charge on any atom is -0.360 e. The molecule has 1 aliphatic rings. The lowest BCUT2D eigenvalue weighted by molar-refractivity contribution is -0.117. The molecule has 1 atom stereocenters. The minimum absolute atomic E-state index is 0.0342. The van der Waals surface area contributed by atoms with Crippen LogP contribution in [0.4, 0.5) is 11.5 Å². The second-order valence-electron chi connectivity index (χ2n) is 6.35. The molecule has 3 aromatic rings. The lowest BCUT2D eigenvalue weighted by atomic mass is 10.1. The van der Waals surface area contributed by atoms with Gasteiger partial charge in [-0.3, -0.25) is 4.79 Å². The van der Waals surface area contributed by atoms with E-state index in [9.17, 15) is 4.79 Å². The third-order valence-corrected chi connectivity index (χ3v) is 4.63. The molecule has 0 bridgehead atoms. The van der Waals surface area contributed by atoms with E-state index in [2.05, 4.69) is 20.4 Å². The zero-order valence-electron chi connectivity index (χ0n) is 14.4. The molecule has 5 nitrogen and oxygen atoms in total. The number of anilines is 2. The molecule has 1 fully saturated rings. The first-order valence-electron chi connectivity index (χ1n) is 8.83. The Kier molecular flexibility index (Phi) is 4.60. The molecule has 0 spiro atoms. The summed E-state index contributed by atoms with van der Waals surface area (Å²) in [6, 6.07) is 23.4. The van der Waals surface area contributed by atoms with Gasteiger partial charge in [0.25, 0.3) is 0 Å². The van der Waals surface area contributed by atoms with Crippen LogP contribution in [0.25, 0.3) is 11.3 Å². The molecule has 0 saturated carbocycles. The summed E-state index contributed by atoms with van der Waals surface area (Å²) >= 11 is 0. The van der Waals surface area contributed by atoms with Crippen LogP contribution in [0.1, 0.15) is 12.8 Å². The zero-order chi connectivity index (χ0) is 17.8. The molecule has 1 aliphatic heterocycles. The topological polar surface area (TPSA) is 58.1 Å². The maximum atomic E-state index is 12.7. The summed E-state index contributed by atoms with van der Waals surface area (Å²) in [7, 11) is 0. The molecule has 0 radical (unpaired) electrons. The van der Waals surface area contributed by atoms with Crippen LogP contribution < -0.4 is 10.2 Å². The smallest absolute Gasteiger partial charge is 0.248 e. The van der Waals surface area contributed by atoms with E-state index in [4.69, 9.17) is 0 Å². The van der Waals surface area contributed by atoms with Crippen LogP contribution in [0.3, 0.4) is 0 Å². The van der Waals surface area contributed by atoms with Crippen LogP contribution in [0.5, 0.6) is 0 Å². The van der Waals surface area contributed by atoms with Gasteiger partial charge in [0.15, 0.2) is 5.82 Å². The Labute approximate surface area is 152 Å². The maximum absolute atomic E-state index is 12.7. The number of aromatic nitrogens is 2. The van der Waals surface area contributed by atoms with Crippen molar-refractivity contribution in [3.63, 3.8) is 0 Å². The number of nitrogens with one attached hydrogen (secondary N) is 1. The number of hydrogen-bond acceptors (Lipinski definition) is 4. The standard InChI is InChI=1S/C21H20N4O/c26-21(19-12-7-15-25(19)17-10-5-2-6-11-17)22-20-14-13-18(23-24-20)16-8-3-1-4-9-16/h1-6,8-11,13-14,19H,7,12,15H2,(H,22,24,26). The SMILES string of the molecule is O=C(Nc1ccc(-c2ccccc2)nn1)C1CCCN1c1ccccc1. The fourth-order valence-electron chi connectivity index (χ4n) is 3.34. The number of carbonyl (C=O) groups is 1. The summed E-state index contributed by atoms with van der Waals surface area (Å²) in [6.45, 7) is 0.890. The van der Waals surface area contributed by atoms with Crippen molar-refractivity contribution in [2.75, 3.05) is 16.8 Å². The Balaban J connectivity index is 1.46. The van der Waals surface area contributed by atoms with Gasteiger partial charge in [0.05, 0.1) is 5.69 Å². The number of amides is 1. The van der Waals surface area contributed by atoms with E-state index in [1.165, 1.54) is 0 Å². The molecule has 4 rings (SSSR count). The van der Waals surface area contributed by atoms with Gasteiger partial charge in [-0.15, -0.1) is 10.2 Å². The second kappa shape index (κ2) is 7.35. The van der Waals surface area contributed by atoms with Gasteiger partial charge in [-0.05, 0) is 37.1 Å². The van der Waals surface area contributed by atoms with Crippen molar-refractivity contribution in [2.24, 2.45) is 0 Å². The van der Waals surface area contributed by atoms with E-state index in [0.717, 1.165) is 36.3 Å². The van der Waals surface area contributed by atoms with Gasteiger partial charge in [0.2, 0.25) is 5.91 Å². The molecular weight excluding hydrogens is 324 g/mol. The quantitative estimate of drug-likeness (QED) is 0.783. The summed E-state index contributed by atoms with van der Waals surface area (Å²) in [5.74, 6) is 0.447. The summed E-state index contributed by atoms with van der Waals surface area (Å²) in [5, 5.41) is 11.3. The van der Waals surface area contributed by atoms with Crippen LogP contribution in [0.2, 0.25) is 0 Å². The normalized spacial score (nSPS) is 16.5. The van der Waals surface area contributed by atoms with E-state index in [0.29, 0.717) is 5.82 Å². The lowest BCUT2D eigenvalue weighted by Gasteiger charge is -2.25. The molecule has 26 heavy (non-hydrogen) atoms. The molecule has 1 unspecified atom stereocenters. The van der Waals surface area contributed by atoms with Crippen molar-refractivity contribution >= 4 is 17.4 Å². The highest BCUT2D eigenvalue weighted by Crippen LogP contribution is 2.26. The highest BCUT2D eigenvalue weighted by atomic mass is 16.2. The number of para-hydroxylation sites is 1. The largest absolute Gasteiger partial charge is 0.360 e. The molecule has 2 aromatic carbocycles. The van der Waals surface area contributed by atoms with Crippen LogP contribution in [-0.2, 0) is 4.79 Å². The van der Waals surface area contributed by atoms with E-state index in [-0.39, 0.29) is 11.9 Å². The molecule has 0 aliphatic carbocycles. The third-order valence-electron chi connectivity index (χ3n) is 4.63. The third kappa shape index (κ3) is 3.42. The van der Waals surface area contributed by atoms with Crippen LogP contribution in [0.15, 0.2) is 72.8 Å². The Hall–Kier alpha value is -3.21. The number of rotatable bonds is 4. The first-order valence-corrected chi connectivity index (χ1v) is 8.83. The average molecular weight is 344 g/mol. The van der Waals surface area contributed by atoms with Gasteiger partial charge in [-0.25, -0.2) is 0 Å². The van der Waals surface area contributed by atoms with Crippen LogP contribution in [0, 0.1) is 0 Å². The molecule has 1 saturated heterocycles. The first-order chi connectivity index (χ1) is 12.8. The van der Waals surface area contributed by atoms with Crippen molar-refractivity contribution in [3.05, 3.63) is 72.8 Å². The highest BCUT2D eigenvalue weighted by molar-refractivity contribution is 5.96. The molecular formula is C21H20N4O. The number of carbonyl (C=O) groups excluding carboxylic acids is 1. The van der Waals surface area contributed by atoms with Gasteiger partial charge in [0, 0.05) is 17.8 Å². The van der Waals surface area contributed by atoms with Gasteiger partial charge < -0.3 is 10.2 Å². The lowest BCUT2D eigenvalue weighted by Crippen LogP contribution is -2.39. The summed E-state index contributed by atoms with van der Waals surface area (Å²) in [6.07, 6.45) is 1.85. The Morgan fingerprint density at radius 3 is 2.35 bits per heavy atom. The molecule has 1 amide bonds. The van der Waals surface area contributed by atoms with E-state index in [1.54, 1.807) is 6.07 Å². The van der Waals surface area contributed by atoms with Crippen LogP contribution >= 0.6 is 0 Å². The highest BCUT2D eigenvalue weighted by Gasteiger charge is 2.31. The molecule has 2 heterocycles. The Morgan fingerprint density at radius 2 is 1.65 bits per heavy atom. The molecule has 1 N–H and O–H groups in total. The second-order valence-corrected chi connectivity index (χ2v) is 6.35. The van der Waals surface area contributed by atoms with Crippen molar-refractivity contribution in [2.45, 2.75) is 18.9 Å². The number of nitrogens with zero attached hydrogens (tertiary/aromatic N) is 3. The van der Waals surface area contributed by atoms with Crippen molar-refractivity contribution < 1.29 is 4.79 Å². The van der Waals surface area contributed by atoms with Crippen molar-refractivity contribution in [1.82, 2.24) is 10.2 Å². The Morgan fingerprint density at radius 1 is 0.923 bits per heavy atom. The van der Waals surface area contributed by atoms with Crippen molar-refractivity contribution in [1.29, 1.82) is 0 Å². The molecule has 5 heteroatoms. The first kappa shape index (κ1) is 16.3. The zero-order valence-corrected chi connectivity index (χ0v) is 14.4. The maximum Gasteiger partial charge on any atom is 0.248 e. The minimum atomic E-state index is -0.173. The van der Waals surface area contributed by atoms with Gasteiger partial charge in [0.1, 0.15) is 6.04 Å². The monoisotopic (exact) mass is 344 g/mol.